The predicted octanol–water partition coefficient (Wildman–Crippen LogP) is 3.31. The zero-order chi connectivity index (χ0) is 10.6. The molecule has 0 fully saturated rings. The average Bonchev–Trinajstić information content (AvgIpc) is 2.18. The van der Waals surface area contributed by atoms with E-state index in [0.29, 0.717) is 17.2 Å². The summed E-state index contributed by atoms with van der Waals surface area (Å²) in [5.74, 6) is 0.993. The lowest BCUT2D eigenvalue weighted by molar-refractivity contribution is 0.242. The Morgan fingerprint density at radius 1 is 1.36 bits per heavy atom. The SMILES string of the molecule is CC(C)C(Br)Oc1ccccc1C#N. The Morgan fingerprint density at radius 3 is 2.57 bits per heavy atom. The summed E-state index contributed by atoms with van der Waals surface area (Å²) in [7, 11) is 0. The van der Waals surface area contributed by atoms with E-state index in [1.165, 1.54) is 0 Å². The number of benzene rings is 1. The maximum Gasteiger partial charge on any atom is 0.155 e. The van der Waals surface area contributed by atoms with E-state index in [9.17, 15) is 0 Å². The molecule has 1 rings (SSSR count). The van der Waals surface area contributed by atoms with Gasteiger partial charge in [0.05, 0.1) is 5.56 Å². The van der Waals surface area contributed by atoms with Gasteiger partial charge in [-0.05, 0) is 28.1 Å². The van der Waals surface area contributed by atoms with E-state index in [1.54, 1.807) is 12.1 Å². The molecule has 0 heterocycles. The summed E-state index contributed by atoms with van der Waals surface area (Å²) >= 11 is 3.41. The Bertz CT molecular complexity index is 343. The van der Waals surface area contributed by atoms with Gasteiger partial charge < -0.3 is 4.74 Å². The number of nitriles is 1. The molecule has 0 radical (unpaired) electrons. The van der Waals surface area contributed by atoms with E-state index in [-0.39, 0.29) is 5.01 Å². The van der Waals surface area contributed by atoms with Crippen LogP contribution >= 0.6 is 15.9 Å². The van der Waals surface area contributed by atoms with Crippen LogP contribution in [0.4, 0.5) is 0 Å². The maximum absolute atomic E-state index is 8.82. The molecular formula is C11H12BrNO. The third-order valence-electron chi connectivity index (χ3n) is 1.77. The first-order valence-corrected chi connectivity index (χ1v) is 5.36. The number of hydrogen-bond acceptors (Lipinski definition) is 2. The summed E-state index contributed by atoms with van der Waals surface area (Å²) < 4.78 is 5.59. The number of para-hydroxylation sites is 1. The molecule has 0 aliphatic carbocycles. The predicted molar refractivity (Wildman–Crippen MR) is 59.3 cm³/mol. The zero-order valence-corrected chi connectivity index (χ0v) is 9.78. The van der Waals surface area contributed by atoms with Gasteiger partial charge in [-0.25, -0.2) is 0 Å². The molecule has 0 saturated carbocycles. The van der Waals surface area contributed by atoms with Crippen LogP contribution in [0.25, 0.3) is 0 Å². The molecule has 1 atom stereocenters. The van der Waals surface area contributed by atoms with E-state index < -0.39 is 0 Å². The first kappa shape index (κ1) is 11.1. The van der Waals surface area contributed by atoms with Crippen LogP contribution in [0.5, 0.6) is 5.75 Å². The van der Waals surface area contributed by atoms with Crippen molar-refractivity contribution in [2.45, 2.75) is 18.9 Å². The fourth-order valence-corrected chi connectivity index (χ4v) is 1.12. The maximum atomic E-state index is 8.82. The van der Waals surface area contributed by atoms with Crippen molar-refractivity contribution in [2.24, 2.45) is 5.92 Å². The lowest BCUT2D eigenvalue weighted by atomic mass is 10.2. The summed E-state index contributed by atoms with van der Waals surface area (Å²) in [6, 6.07) is 9.32. The van der Waals surface area contributed by atoms with Crippen LogP contribution < -0.4 is 4.74 Å². The molecule has 14 heavy (non-hydrogen) atoms. The molecule has 74 valence electrons. The molecule has 3 heteroatoms. The molecule has 0 aromatic heterocycles. The van der Waals surface area contributed by atoms with Crippen LogP contribution in [-0.4, -0.2) is 5.01 Å². The van der Waals surface area contributed by atoms with Crippen LogP contribution in [0.15, 0.2) is 24.3 Å². The van der Waals surface area contributed by atoms with Crippen LogP contribution in [0.2, 0.25) is 0 Å². The van der Waals surface area contributed by atoms with Gasteiger partial charge in [0.2, 0.25) is 0 Å². The number of rotatable bonds is 3. The van der Waals surface area contributed by atoms with Crippen LogP contribution in [0.3, 0.4) is 0 Å². The van der Waals surface area contributed by atoms with Gasteiger partial charge in [0.25, 0.3) is 0 Å². The van der Waals surface area contributed by atoms with E-state index >= 15 is 0 Å². The van der Waals surface area contributed by atoms with Gasteiger partial charge in [-0.3, -0.25) is 0 Å². The van der Waals surface area contributed by atoms with Gasteiger partial charge in [0.15, 0.2) is 5.01 Å². The topological polar surface area (TPSA) is 33.0 Å². The molecule has 0 aliphatic heterocycles. The highest BCUT2D eigenvalue weighted by Gasteiger charge is 2.12. The molecule has 1 aromatic rings. The third kappa shape index (κ3) is 2.74. The highest BCUT2D eigenvalue weighted by atomic mass is 79.9. The fraction of sp³-hybridized carbons (Fsp3) is 0.364. The van der Waals surface area contributed by atoms with Crippen LogP contribution in [-0.2, 0) is 0 Å². The van der Waals surface area contributed by atoms with Crippen LogP contribution in [0.1, 0.15) is 19.4 Å². The molecule has 0 aliphatic rings. The molecular weight excluding hydrogens is 242 g/mol. The van der Waals surface area contributed by atoms with Crippen molar-refractivity contribution in [1.82, 2.24) is 0 Å². The largest absolute Gasteiger partial charge is 0.478 e. The van der Waals surface area contributed by atoms with Crippen molar-refractivity contribution in [3.63, 3.8) is 0 Å². The van der Waals surface area contributed by atoms with Gasteiger partial charge in [-0.2, -0.15) is 5.26 Å². The quantitative estimate of drug-likeness (QED) is 0.775. The van der Waals surface area contributed by atoms with Crippen molar-refractivity contribution >= 4 is 15.9 Å². The minimum absolute atomic E-state index is 0.0583. The monoisotopic (exact) mass is 253 g/mol. The van der Waals surface area contributed by atoms with Gasteiger partial charge in [0, 0.05) is 5.92 Å². The van der Waals surface area contributed by atoms with Crippen molar-refractivity contribution in [1.29, 1.82) is 5.26 Å². The Kier molecular flexibility index (Phi) is 3.97. The minimum Gasteiger partial charge on any atom is -0.478 e. The molecule has 2 nitrogen and oxygen atoms in total. The molecule has 0 spiro atoms. The van der Waals surface area contributed by atoms with E-state index in [4.69, 9.17) is 10.00 Å². The number of halogens is 1. The first-order chi connectivity index (χ1) is 6.65. The van der Waals surface area contributed by atoms with Crippen LogP contribution in [0, 0.1) is 17.2 Å². The summed E-state index contributed by atoms with van der Waals surface area (Å²) in [6.07, 6.45) is 0. The second kappa shape index (κ2) is 5.02. The summed E-state index contributed by atoms with van der Waals surface area (Å²) in [4.78, 5) is 0. The van der Waals surface area contributed by atoms with Crippen molar-refractivity contribution in [2.75, 3.05) is 0 Å². The molecule has 0 amide bonds. The highest BCUT2D eigenvalue weighted by molar-refractivity contribution is 9.09. The standard InChI is InChI=1S/C11H12BrNO/c1-8(2)11(12)14-10-6-4-3-5-9(10)7-13/h3-6,8,11H,1-2H3. The first-order valence-electron chi connectivity index (χ1n) is 4.45. The molecule has 0 bridgehead atoms. The summed E-state index contributed by atoms with van der Waals surface area (Å²) in [5, 5.41) is 8.77. The summed E-state index contributed by atoms with van der Waals surface area (Å²) in [6.45, 7) is 4.10. The zero-order valence-electron chi connectivity index (χ0n) is 8.20. The average molecular weight is 254 g/mol. The Morgan fingerprint density at radius 2 is 2.00 bits per heavy atom. The number of nitrogens with zero attached hydrogens (tertiary/aromatic N) is 1. The summed E-state index contributed by atoms with van der Waals surface area (Å²) in [5.41, 5.74) is 0.567. The van der Waals surface area contributed by atoms with E-state index in [2.05, 4.69) is 35.8 Å². The van der Waals surface area contributed by atoms with Crippen molar-refractivity contribution in [3.05, 3.63) is 29.8 Å². The van der Waals surface area contributed by atoms with Crippen molar-refractivity contribution in [3.8, 4) is 11.8 Å². The lowest BCUT2D eigenvalue weighted by Gasteiger charge is -2.16. The van der Waals surface area contributed by atoms with Gasteiger partial charge in [-0.15, -0.1) is 0 Å². The molecule has 0 N–H and O–H groups in total. The second-order valence-electron chi connectivity index (χ2n) is 3.32. The van der Waals surface area contributed by atoms with Gasteiger partial charge >= 0.3 is 0 Å². The highest BCUT2D eigenvalue weighted by Crippen LogP contribution is 2.22. The lowest BCUT2D eigenvalue weighted by Crippen LogP contribution is -2.15. The fourth-order valence-electron chi connectivity index (χ4n) is 0.919. The smallest absolute Gasteiger partial charge is 0.155 e. The Labute approximate surface area is 92.6 Å². The number of ether oxygens (including phenoxy) is 1. The molecule has 1 unspecified atom stereocenters. The minimum atomic E-state index is -0.0583. The van der Waals surface area contributed by atoms with Crippen molar-refractivity contribution < 1.29 is 4.74 Å². The Balaban J connectivity index is 2.82. The third-order valence-corrected chi connectivity index (χ3v) is 3.02. The Hall–Kier alpha value is -1.01. The number of hydrogen-bond donors (Lipinski definition) is 0. The van der Waals surface area contributed by atoms with Gasteiger partial charge in [-0.1, -0.05) is 26.0 Å². The van der Waals surface area contributed by atoms with Gasteiger partial charge in [0.1, 0.15) is 11.8 Å². The van der Waals surface area contributed by atoms with E-state index in [1.807, 2.05) is 12.1 Å². The van der Waals surface area contributed by atoms with E-state index in [0.717, 1.165) is 0 Å². The second-order valence-corrected chi connectivity index (χ2v) is 4.22. The normalized spacial score (nSPS) is 12.2. The molecule has 0 saturated heterocycles. The molecule has 1 aromatic carbocycles. The number of alkyl halides is 1.